The molecule has 0 aromatic heterocycles. The summed E-state index contributed by atoms with van der Waals surface area (Å²) in [5, 5.41) is 1.12. The Morgan fingerprint density at radius 3 is 2.23 bits per heavy atom. The molecule has 1 aromatic carbocycles. The first-order valence-electron chi connectivity index (χ1n) is 3.80. The van der Waals surface area contributed by atoms with Gasteiger partial charge in [-0.15, -0.1) is 11.6 Å². The van der Waals surface area contributed by atoms with Crippen LogP contribution in [-0.4, -0.2) is 12.0 Å². The van der Waals surface area contributed by atoms with Crippen molar-refractivity contribution >= 4 is 34.8 Å². The zero-order valence-corrected chi connectivity index (χ0v) is 9.33. The molecule has 0 radical (unpaired) electrons. The fourth-order valence-corrected chi connectivity index (χ4v) is 1.43. The molecule has 13 heavy (non-hydrogen) atoms. The van der Waals surface area contributed by atoms with E-state index in [4.69, 9.17) is 39.5 Å². The van der Waals surface area contributed by atoms with Gasteiger partial charge in [0.05, 0.1) is 5.88 Å². The molecule has 1 atom stereocenters. The first-order valence-corrected chi connectivity index (χ1v) is 5.09. The van der Waals surface area contributed by atoms with E-state index in [1.54, 1.807) is 18.2 Å². The summed E-state index contributed by atoms with van der Waals surface area (Å²) in [6.45, 7) is 1.88. The zero-order valence-electron chi connectivity index (χ0n) is 7.06. The molecule has 0 heterocycles. The van der Waals surface area contributed by atoms with Gasteiger partial charge in [0.1, 0.15) is 11.9 Å². The molecule has 0 saturated carbocycles. The third-order valence-electron chi connectivity index (χ3n) is 1.39. The Labute approximate surface area is 92.5 Å². The number of hydrogen-bond donors (Lipinski definition) is 0. The molecule has 0 spiro atoms. The average Bonchev–Trinajstić information content (AvgIpc) is 2.02. The normalized spacial score (nSPS) is 12.6. The van der Waals surface area contributed by atoms with Crippen LogP contribution in [0.1, 0.15) is 6.92 Å². The molecule has 72 valence electrons. The van der Waals surface area contributed by atoms with Crippen molar-refractivity contribution in [1.82, 2.24) is 0 Å². The molecule has 0 aliphatic rings. The molecule has 0 N–H and O–H groups in total. The number of rotatable bonds is 3. The monoisotopic (exact) mass is 238 g/mol. The van der Waals surface area contributed by atoms with E-state index >= 15 is 0 Å². The van der Waals surface area contributed by atoms with Gasteiger partial charge in [-0.1, -0.05) is 23.2 Å². The van der Waals surface area contributed by atoms with Crippen LogP contribution in [-0.2, 0) is 0 Å². The molecule has 4 heteroatoms. The molecule has 1 unspecified atom stereocenters. The molecule has 0 aliphatic heterocycles. The molecule has 0 bridgehead atoms. The van der Waals surface area contributed by atoms with Crippen molar-refractivity contribution in [3.63, 3.8) is 0 Å². The first-order chi connectivity index (χ1) is 6.11. The van der Waals surface area contributed by atoms with E-state index in [9.17, 15) is 0 Å². The van der Waals surface area contributed by atoms with Crippen LogP contribution in [0, 0.1) is 0 Å². The SMILES string of the molecule is CC(CCl)Oc1cc(Cl)cc(Cl)c1. The van der Waals surface area contributed by atoms with E-state index in [1.807, 2.05) is 6.92 Å². The molecule has 1 aromatic rings. The van der Waals surface area contributed by atoms with E-state index in [-0.39, 0.29) is 6.10 Å². The van der Waals surface area contributed by atoms with Gasteiger partial charge in [-0.05, 0) is 25.1 Å². The lowest BCUT2D eigenvalue weighted by Crippen LogP contribution is -2.12. The minimum Gasteiger partial charge on any atom is -0.489 e. The van der Waals surface area contributed by atoms with E-state index in [0.29, 0.717) is 21.7 Å². The van der Waals surface area contributed by atoms with Gasteiger partial charge in [-0.2, -0.15) is 0 Å². The molecule has 0 saturated heterocycles. The van der Waals surface area contributed by atoms with Gasteiger partial charge in [-0.3, -0.25) is 0 Å². The van der Waals surface area contributed by atoms with Crippen LogP contribution in [0.15, 0.2) is 18.2 Å². The Hall–Kier alpha value is -0.110. The van der Waals surface area contributed by atoms with Gasteiger partial charge >= 0.3 is 0 Å². The number of benzene rings is 1. The van der Waals surface area contributed by atoms with Crippen LogP contribution in [0.2, 0.25) is 10.0 Å². The Bertz CT molecular complexity index is 268. The topological polar surface area (TPSA) is 9.23 Å². The summed E-state index contributed by atoms with van der Waals surface area (Å²) in [7, 11) is 0. The third kappa shape index (κ3) is 3.63. The maximum absolute atomic E-state index is 5.78. The largest absolute Gasteiger partial charge is 0.489 e. The van der Waals surface area contributed by atoms with Crippen molar-refractivity contribution in [2.24, 2.45) is 0 Å². The van der Waals surface area contributed by atoms with Crippen molar-refractivity contribution in [1.29, 1.82) is 0 Å². The van der Waals surface area contributed by atoms with Crippen LogP contribution >= 0.6 is 34.8 Å². The molecular formula is C9H9Cl3O. The Balaban J connectivity index is 2.77. The van der Waals surface area contributed by atoms with E-state index < -0.39 is 0 Å². The second kappa shape index (κ2) is 4.94. The molecule has 1 rings (SSSR count). The fourth-order valence-electron chi connectivity index (χ4n) is 0.860. The number of alkyl halides is 1. The molecular weight excluding hydrogens is 230 g/mol. The van der Waals surface area contributed by atoms with Crippen molar-refractivity contribution in [3.05, 3.63) is 28.2 Å². The Morgan fingerprint density at radius 2 is 1.77 bits per heavy atom. The first kappa shape index (κ1) is 11.0. The van der Waals surface area contributed by atoms with E-state index in [2.05, 4.69) is 0 Å². The average molecular weight is 240 g/mol. The predicted octanol–water partition coefficient (Wildman–Crippen LogP) is 4.00. The number of ether oxygens (including phenoxy) is 1. The lowest BCUT2D eigenvalue weighted by Gasteiger charge is -2.11. The van der Waals surface area contributed by atoms with Gasteiger partial charge in [0.2, 0.25) is 0 Å². The molecule has 1 nitrogen and oxygen atoms in total. The molecule has 0 amide bonds. The van der Waals surface area contributed by atoms with Gasteiger partial charge in [0, 0.05) is 10.0 Å². The van der Waals surface area contributed by atoms with E-state index in [1.165, 1.54) is 0 Å². The van der Waals surface area contributed by atoms with E-state index in [0.717, 1.165) is 0 Å². The highest BCUT2D eigenvalue weighted by Crippen LogP contribution is 2.24. The second-order valence-corrected chi connectivity index (χ2v) is 3.87. The summed E-state index contributed by atoms with van der Waals surface area (Å²) in [5.74, 6) is 1.08. The van der Waals surface area contributed by atoms with Crippen LogP contribution in [0.25, 0.3) is 0 Å². The minimum absolute atomic E-state index is 0.0452. The highest BCUT2D eigenvalue weighted by molar-refractivity contribution is 6.34. The van der Waals surface area contributed by atoms with Crippen LogP contribution in [0.4, 0.5) is 0 Å². The minimum atomic E-state index is -0.0452. The van der Waals surface area contributed by atoms with Crippen molar-refractivity contribution in [2.45, 2.75) is 13.0 Å². The van der Waals surface area contributed by atoms with Gasteiger partial charge in [-0.25, -0.2) is 0 Å². The van der Waals surface area contributed by atoms with Gasteiger partial charge < -0.3 is 4.74 Å². The zero-order chi connectivity index (χ0) is 9.84. The van der Waals surface area contributed by atoms with Crippen LogP contribution in [0.5, 0.6) is 5.75 Å². The van der Waals surface area contributed by atoms with Crippen molar-refractivity contribution in [3.8, 4) is 5.75 Å². The summed E-state index contributed by atoms with van der Waals surface area (Å²) < 4.78 is 5.42. The van der Waals surface area contributed by atoms with Crippen molar-refractivity contribution in [2.75, 3.05) is 5.88 Å². The van der Waals surface area contributed by atoms with Gasteiger partial charge in [0.15, 0.2) is 0 Å². The summed E-state index contributed by atoms with van der Waals surface area (Å²) >= 11 is 17.1. The van der Waals surface area contributed by atoms with Crippen molar-refractivity contribution < 1.29 is 4.74 Å². The Morgan fingerprint density at radius 1 is 1.23 bits per heavy atom. The van der Waals surface area contributed by atoms with Gasteiger partial charge in [0.25, 0.3) is 0 Å². The molecule has 0 aliphatic carbocycles. The standard InChI is InChI=1S/C9H9Cl3O/c1-6(5-10)13-9-3-7(11)2-8(12)4-9/h2-4,6H,5H2,1H3. The summed E-state index contributed by atoms with van der Waals surface area (Å²) in [6.07, 6.45) is -0.0452. The number of hydrogen-bond acceptors (Lipinski definition) is 1. The summed E-state index contributed by atoms with van der Waals surface area (Å²) in [6, 6.07) is 5.06. The fraction of sp³-hybridized carbons (Fsp3) is 0.333. The maximum Gasteiger partial charge on any atom is 0.122 e. The Kier molecular flexibility index (Phi) is 4.17. The van der Waals surface area contributed by atoms with Crippen LogP contribution < -0.4 is 4.74 Å². The number of halogens is 3. The highest BCUT2D eigenvalue weighted by atomic mass is 35.5. The lowest BCUT2D eigenvalue weighted by molar-refractivity contribution is 0.245. The lowest BCUT2D eigenvalue weighted by atomic mass is 10.3. The predicted molar refractivity (Wildman–Crippen MR) is 57.3 cm³/mol. The second-order valence-electron chi connectivity index (χ2n) is 2.69. The summed E-state index contributed by atoms with van der Waals surface area (Å²) in [5.41, 5.74) is 0. The maximum atomic E-state index is 5.78. The quantitative estimate of drug-likeness (QED) is 0.725. The summed E-state index contributed by atoms with van der Waals surface area (Å²) in [4.78, 5) is 0. The highest BCUT2D eigenvalue weighted by Gasteiger charge is 2.03. The third-order valence-corrected chi connectivity index (χ3v) is 2.26. The molecule has 0 fully saturated rings. The van der Waals surface area contributed by atoms with Crippen LogP contribution in [0.3, 0.4) is 0 Å². The smallest absolute Gasteiger partial charge is 0.122 e.